The molecule has 0 heterocycles. The van der Waals surface area contributed by atoms with Crippen molar-refractivity contribution in [3.8, 4) is 0 Å². The summed E-state index contributed by atoms with van der Waals surface area (Å²) in [6.07, 6.45) is 4.77. The molecule has 0 spiro atoms. The zero-order chi connectivity index (χ0) is 9.40. The van der Waals surface area contributed by atoms with E-state index < -0.39 is 0 Å². The van der Waals surface area contributed by atoms with Crippen LogP contribution in [0.3, 0.4) is 0 Å². The van der Waals surface area contributed by atoms with Gasteiger partial charge in [0.25, 0.3) is 0 Å². The second-order valence-electron chi connectivity index (χ2n) is 3.61. The van der Waals surface area contributed by atoms with Gasteiger partial charge >= 0.3 is 0 Å². The number of hydrogen-bond donors (Lipinski definition) is 1. The van der Waals surface area contributed by atoms with E-state index in [9.17, 15) is 0 Å². The first-order valence-electron chi connectivity index (χ1n) is 5.14. The van der Waals surface area contributed by atoms with Crippen LogP contribution in [0.2, 0.25) is 0 Å². The van der Waals surface area contributed by atoms with Crippen LogP contribution in [0.25, 0.3) is 0 Å². The van der Waals surface area contributed by atoms with Crippen molar-refractivity contribution in [2.24, 2.45) is 5.73 Å². The summed E-state index contributed by atoms with van der Waals surface area (Å²) in [4.78, 5) is 2.38. The minimum atomic E-state index is 0.417. The van der Waals surface area contributed by atoms with E-state index in [4.69, 9.17) is 5.73 Å². The van der Waals surface area contributed by atoms with Crippen LogP contribution >= 0.6 is 0 Å². The molecule has 2 nitrogen and oxygen atoms in total. The molecule has 1 unspecified atom stereocenters. The number of hydrogen-bond acceptors (Lipinski definition) is 2. The van der Waals surface area contributed by atoms with E-state index in [-0.39, 0.29) is 0 Å². The van der Waals surface area contributed by atoms with Gasteiger partial charge in [0.05, 0.1) is 0 Å². The van der Waals surface area contributed by atoms with Crippen LogP contribution < -0.4 is 5.73 Å². The lowest BCUT2D eigenvalue weighted by Crippen LogP contribution is -2.24. The molecule has 0 aliphatic rings. The molecule has 0 fully saturated rings. The molecule has 0 aliphatic heterocycles. The third-order valence-corrected chi connectivity index (χ3v) is 2.24. The van der Waals surface area contributed by atoms with Gasteiger partial charge in [-0.05, 0) is 45.8 Å². The van der Waals surface area contributed by atoms with Crippen molar-refractivity contribution in [3.05, 3.63) is 0 Å². The average Bonchev–Trinajstić information content (AvgIpc) is 2.04. The summed E-state index contributed by atoms with van der Waals surface area (Å²) < 4.78 is 0. The summed E-state index contributed by atoms with van der Waals surface area (Å²) in [5.74, 6) is 0. The largest absolute Gasteiger partial charge is 0.328 e. The molecule has 0 rings (SSSR count). The second kappa shape index (κ2) is 7.56. The van der Waals surface area contributed by atoms with E-state index in [1.165, 1.54) is 32.4 Å². The average molecular weight is 172 g/mol. The first kappa shape index (κ1) is 11.9. The highest BCUT2D eigenvalue weighted by atomic mass is 15.1. The number of rotatable bonds is 7. The molecule has 2 N–H and O–H groups in total. The first-order chi connectivity index (χ1) is 5.70. The molecule has 0 bridgehead atoms. The molecule has 0 saturated heterocycles. The zero-order valence-corrected chi connectivity index (χ0v) is 8.84. The molecule has 0 aromatic carbocycles. The summed E-state index contributed by atoms with van der Waals surface area (Å²) in [6.45, 7) is 6.78. The van der Waals surface area contributed by atoms with Crippen molar-refractivity contribution < 1.29 is 0 Å². The molecule has 0 aromatic rings. The summed E-state index contributed by atoms with van der Waals surface area (Å²) in [5, 5.41) is 0. The van der Waals surface area contributed by atoms with E-state index in [2.05, 4.69) is 25.8 Å². The quantitative estimate of drug-likeness (QED) is 0.635. The van der Waals surface area contributed by atoms with Crippen LogP contribution in [0, 0.1) is 0 Å². The summed E-state index contributed by atoms with van der Waals surface area (Å²) >= 11 is 0. The van der Waals surface area contributed by atoms with Crippen LogP contribution in [-0.2, 0) is 0 Å². The van der Waals surface area contributed by atoms with E-state index in [1.807, 2.05) is 0 Å². The molecule has 1 atom stereocenters. The maximum Gasteiger partial charge on any atom is 0.00366 e. The van der Waals surface area contributed by atoms with Crippen LogP contribution in [0.5, 0.6) is 0 Å². The van der Waals surface area contributed by atoms with Crippen molar-refractivity contribution in [2.45, 2.75) is 45.6 Å². The van der Waals surface area contributed by atoms with Gasteiger partial charge in [-0.3, -0.25) is 0 Å². The minimum Gasteiger partial charge on any atom is -0.328 e. The number of nitrogens with zero attached hydrogens (tertiary/aromatic N) is 1. The lowest BCUT2D eigenvalue weighted by molar-refractivity contribution is 0.321. The van der Waals surface area contributed by atoms with Crippen LogP contribution in [0.15, 0.2) is 0 Å². The highest BCUT2D eigenvalue weighted by Crippen LogP contribution is 1.99. The van der Waals surface area contributed by atoms with Gasteiger partial charge < -0.3 is 10.6 Å². The van der Waals surface area contributed by atoms with Crippen molar-refractivity contribution in [1.29, 1.82) is 0 Å². The Morgan fingerprint density at radius 3 is 2.42 bits per heavy atom. The van der Waals surface area contributed by atoms with Gasteiger partial charge in [0.2, 0.25) is 0 Å². The molecule has 0 aliphatic carbocycles. The lowest BCUT2D eigenvalue weighted by Gasteiger charge is -2.16. The van der Waals surface area contributed by atoms with E-state index >= 15 is 0 Å². The molecule has 0 aromatic heterocycles. The van der Waals surface area contributed by atoms with Gasteiger partial charge in [0.1, 0.15) is 0 Å². The Kier molecular flexibility index (Phi) is 7.51. The molecule has 12 heavy (non-hydrogen) atoms. The topological polar surface area (TPSA) is 29.3 Å². The van der Waals surface area contributed by atoms with Crippen molar-refractivity contribution in [1.82, 2.24) is 4.90 Å². The Hall–Kier alpha value is -0.0800. The van der Waals surface area contributed by atoms with Crippen LogP contribution in [0.4, 0.5) is 0 Å². The summed E-state index contributed by atoms with van der Waals surface area (Å²) in [6, 6.07) is 0.417. The standard InChI is InChI=1S/C10H24N2/c1-4-8-12(3)9-6-7-10(11)5-2/h10H,4-9,11H2,1-3H3. The number of nitrogens with two attached hydrogens (primary N) is 1. The lowest BCUT2D eigenvalue weighted by atomic mass is 10.1. The SMILES string of the molecule is CCCN(C)CCCC(N)CC. The predicted octanol–water partition coefficient (Wildman–Crippen LogP) is 1.85. The Labute approximate surface area is 77.1 Å². The summed E-state index contributed by atoms with van der Waals surface area (Å²) in [7, 11) is 2.18. The van der Waals surface area contributed by atoms with Crippen molar-refractivity contribution in [3.63, 3.8) is 0 Å². The van der Waals surface area contributed by atoms with Crippen molar-refractivity contribution in [2.75, 3.05) is 20.1 Å². The van der Waals surface area contributed by atoms with E-state index in [1.54, 1.807) is 0 Å². The molecular weight excluding hydrogens is 148 g/mol. The van der Waals surface area contributed by atoms with Crippen LogP contribution in [0.1, 0.15) is 39.5 Å². The smallest absolute Gasteiger partial charge is 0.00366 e. The fraction of sp³-hybridized carbons (Fsp3) is 1.00. The fourth-order valence-corrected chi connectivity index (χ4v) is 1.32. The van der Waals surface area contributed by atoms with Gasteiger partial charge in [-0.15, -0.1) is 0 Å². The fourth-order valence-electron chi connectivity index (χ4n) is 1.32. The van der Waals surface area contributed by atoms with Gasteiger partial charge in [0, 0.05) is 6.04 Å². The monoisotopic (exact) mass is 172 g/mol. The molecule has 0 saturated carbocycles. The third-order valence-electron chi connectivity index (χ3n) is 2.24. The molecule has 74 valence electrons. The normalized spacial score (nSPS) is 13.8. The molecule has 0 radical (unpaired) electrons. The third kappa shape index (κ3) is 6.62. The Bertz CT molecular complexity index is 93.8. The minimum absolute atomic E-state index is 0.417. The predicted molar refractivity (Wildman–Crippen MR) is 55.3 cm³/mol. The van der Waals surface area contributed by atoms with Crippen LogP contribution in [-0.4, -0.2) is 31.1 Å². The molecule has 2 heteroatoms. The first-order valence-corrected chi connectivity index (χ1v) is 5.14. The Morgan fingerprint density at radius 1 is 1.25 bits per heavy atom. The Morgan fingerprint density at radius 2 is 1.92 bits per heavy atom. The van der Waals surface area contributed by atoms with Gasteiger partial charge in [0.15, 0.2) is 0 Å². The van der Waals surface area contributed by atoms with E-state index in [0.29, 0.717) is 6.04 Å². The van der Waals surface area contributed by atoms with Gasteiger partial charge in [-0.25, -0.2) is 0 Å². The maximum atomic E-state index is 5.81. The summed E-state index contributed by atoms with van der Waals surface area (Å²) in [5.41, 5.74) is 5.81. The van der Waals surface area contributed by atoms with Crippen molar-refractivity contribution >= 4 is 0 Å². The molecular formula is C10H24N2. The maximum absolute atomic E-state index is 5.81. The molecule has 0 amide bonds. The highest BCUT2D eigenvalue weighted by Gasteiger charge is 2.00. The zero-order valence-electron chi connectivity index (χ0n) is 8.84. The highest BCUT2D eigenvalue weighted by molar-refractivity contribution is 4.60. The van der Waals surface area contributed by atoms with Gasteiger partial charge in [-0.2, -0.15) is 0 Å². The second-order valence-corrected chi connectivity index (χ2v) is 3.61. The Balaban J connectivity index is 3.18. The van der Waals surface area contributed by atoms with Gasteiger partial charge in [-0.1, -0.05) is 13.8 Å². The van der Waals surface area contributed by atoms with E-state index in [0.717, 1.165) is 6.42 Å².